The van der Waals surface area contributed by atoms with Crippen LogP contribution in [0.25, 0.3) is 10.9 Å². The van der Waals surface area contributed by atoms with Crippen LogP contribution in [0.1, 0.15) is 17.8 Å². The molecule has 3 heterocycles. The number of thiophene rings is 1. The minimum absolute atomic E-state index is 0.0479. The maximum Gasteiger partial charge on any atom is 0.241 e. The second kappa shape index (κ2) is 9.45. The molecule has 4 rings (SSSR count). The summed E-state index contributed by atoms with van der Waals surface area (Å²) < 4.78 is 5.50. The average Bonchev–Trinajstić information content (AvgIpc) is 3.29. The number of pyridine rings is 1. The van der Waals surface area contributed by atoms with E-state index in [2.05, 4.69) is 38.0 Å². The van der Waals surface area contributed by atoms with Crippen LogP contribution in [0.2, 0.25) is 0 Å². The molecule has 0 aliphatic carbocycles. The van der Waals surface area contributed by atoms with Gasteiger partial charge in [0.15, 0.2) is 0 Å². The first-order chi connectivity index (χ1) is 14.2. The van der Waals surface area contributed by atoms with Crippen molar-refractivity contribution in [3.8, 4) is 0 Å². The number of fused-ring (bicyclic) bond motifs is 1. The SMILES string of the molecule is CC(NCC(c1cccs1)N1CCOCC1)C(=O)Nc1cccc2ncccc12. The fourth-order valence-electron chi connectivity index (χ4n) is 3.61. The van der Waals surface area contributed by atoms with Gasteiger partial charge < -0.3 is 15.4 Å². The van der Waals surface area contributed by atoms with Gasteiger partial charge in [0.25, 0.3) is 0 Å². The number of hydrogen-bond donors (Lipinski definition) is 2. The number of nitrogens with one attached hydrogen (secondary N) is 2. The lowest BCUT2D eigenvalue weighted by Gasteiger charge is -2.34. The first kappa shape index (κ1) is 20.0. The van der Waals surface area contributed by atoms with E-state index in [0.29, 0.717) is 6.54 Å². The summed E-state index contributed by atoms with van der Waals surface area (Å²) in [6.45, 7) is 5.96. The van der Waals surface area contributed by atoms with Crippen LogP contribution in [-0.2, 0) is 9.53 Å². The zero-order chi connectivity index (χ0) is 20.1. The van der Waals surface area contributed by atoms with Crippen LogP contribution in [0.5, 0.6) is 0 Å². The highest BCUT2D eigenvalue weighted by molar-refractivity contribution is 7.10. The Bertz CT molecular complexity index is 936. The highest BCUT2D eigenvalue weighted by atomic mass is 32.1. The topological polar surface area (TPSA) is 66.5 Å². The molecule has 1 aromatic carbocycles. The predicted octanol–water partition coefficient (Wildman–Crippen LogP) is 3.29. The summed E-state index contributed by atoms with van der Waals surface area (Å²) in [6, 6.07) is 13.8. The van der Waals surface area contributed by atoms with E-state index in [-0.39, 0.29) is 18.0 Å². The van der Waals surface area contributed by atoms with E-state index in [9.17, 15) is 4.79 Å². The van der Waals surface area contributed by atoms with Crippen molar-refractivity contribution in [2.45, 2.75) is 19.0 Å². The largest absolute Gasteiger partial charge is 0.379 e. The maximum absolute atomic E-state index is 12.8. The number of ether oxygens (including phenoxy) is 1. The lowest BCUT2D eigenvalue weighted by molar-refractivity contribution is -0.117. The van der Waals surface area contributed by atoms with Gasteiger partial charge in [-0.25, -0.2) is 0 Å². The number of aromatic nitrogens is 1. The van der Waals surface area contributed by atoms with Crippen molar-refractivity contribution < 1.29 is 9.53 Å². The number of morpholine rings is 1. The first-order valence-corrected chi connectivity index (χ1v) is 10.8. The molecular formula is C22H26N4O2S. The third-order valence-corrected chi connectivity index (χ3v) is 6.25. The number of carbonyl (C=O) groups excluding carboxylic acids is 1. The van der Waals surface area contributed by atoms with Gasteiger partial charge in [0, 0.05) is 36.1 Å². The van der Waals surface area contributed by atoms with Crippen LogP contribution in [0, 0.1) is 0 Å². The average molecular weight is 411 g/mol. The zero-order valence-corrected chi connectivity index (χ0v) is 17.3. The second-order valence-electron chi connectivity index (χ2n) is 7.17. The van der Waals surface area contributed by atoms with Crippen LogP contribution in [0.15, 0.2) is 54.0 Å². The summed E-state index contributed by atoms with van der Waals surface area (Å²) >= 11 is 1.76. The zero-order valence-electron chi connectivity index (χ0n) is 16.5. The summed E-state index contributed by atoms with van der Waals surface area (Å²) in [5.41, 5.74) is 1.66. The van der Waals surface area contributed by atoms with E-state index in [0.717, 1.165) is 42.9 Å². The number of amides is 1. The molecule has 1 aliphatic heterocycles. The van der Waals surface area contributed by atoms with Gasteiger partial charge in [0.2, 0.25) is 5.91 Å². The third kappa shape index (κ3) is 4.82. The fourth-order valence-corrected chi connectivity index (χ4v) is 4.47. The van der Waals surface area contributed by atoms with E-state index in [1.54, 1.807) is 17.5 Å². The van der Waals surface area contributed by atoms with Gasteiger partial charge in [-0.2, -0.15) is 0 Å². The fraction of sp³-hybridized carbons (Fsp3) is 0.364. The molecule has 7 heteroatoms. The predicted molar refractivity (Wildman–Crippen MR) is 117 cm³/mol. The number of rotatable bonds is 7. The molecule has 2 unspecified atom stereocenters. The summed E-state index contributed by atoms with van der Waals surface area (Å²) in [6.07, 6.45) is 1.76. The molecule has 0 bridgehead atoms. The number of carbonyl (C=O) groups is 1. The van der Waals surface area contributed by atoms with Gasteiger partial charge in [-0.05, 0) is 42.6 Å². The third-order valence-electron chi connectivity index (χ3n) is 5.27. The molecule has 1 aliphatic rings. The summed E-state index contributed by atoms with van der Waals surface area (Å²) in [5.74, 6) is -0.0479. The number of benzene rings is 1. The lowest BCUT2D eigenvalue weighted by atomic mass is 10.1. The van der Waals surface area contributed by atoms with Crippen molar-refractivity contribution in [3.05, 3.63) is 58.9 Å². The van der Waals surface area contributed by atoms with Gasteiger partial charge in [-0.3, -0.25) is 14.7 Å². The van der Waals surface area contributed by atoms with Crippen LogP contribution in [0.4, 0.5) is 5.69 Å². The van der Waals surface area contributed by atoms with E-state index in [1.807, 2.05) is 37.3 Å². The molecule has 2 atom stereocenters. The van der Waals surface area contributed by atoms with Gasteiger partial charge in [0.1, 0.15) is 0 Å². The van der Waals surface area contributed by atoms with Gasteiger partial charge in [-0.1, -0.05) is 12.1 Å². The van der Waals surface area contributed by atoms with E-state index in [1.165, 1.54) is 4.88 Å². The minimum atomic E-state index is -0.314. The van der Waals surface area contributed by atoms with E-state index < -0.39 is 0 Å². The van der Waals surface area contributed by atoms with Crippen LogP contribution >= 0.6 is 11.3 Å². The molecule has 2 N–H and O–H groups in total. The molecule has 1 saturated heterocycles. The van der Waals surface area contributed by atoms with E-state index in [4.69, 9.17) is 4.74 Å². The van der Waals surface area contributed by atoms with Gasteiger partial charge in [0.05, 0.1) is 36.5 Å². The Kier molecular flexibility index (Phi) is 6.51. The van der Waals surface area contributed by atoms with Gasteiger partial charge in [-0.15, -0.1) is 11.3 Å². The molecule has 0 spiro atoms. The van der Waals surface area contributed by atoms with E-state index >= 15 is 0 Å². The summed E-state index contributed by atoms with van der Waals surface area (Å²) in [4.78, 5) is 20.9. The normalized spacial score (nSPS) is 17.1. The highest BCUT2D eigenvalue weighted by Crippen LogP contribution is 2.26. The molecular weight excluding hydrogens is 384 g/mol. The first-order valence-electron chi connectivity index (χ1n) is 9.95. The quantitative estimate of drug-likeness (QED) is 0.626. The Morgan fingerprint density at radius 1 is 1.21 bits per heavy atom. The maximum atomic E-state index is 12.8. The standard InChI is InChI=1S/C22H26N4O2S/c1-16(22(27)25-19-7-2-6-18-17(19)5-3-9-23-18)24-15-20(21-8-4-14-29-21)26-10-12-28-13-11-26/h2-9,14,16,20,24H,10-13,15H2,1H3,(H,25,27). The van der Waals surface area contributed by atoms with Gasteiger partial charge >= 0.3 is 0 Å². The molecule has 29 heavy (non-hydrogen) atoms. The van der Waals surface area contributed by atoms with Crippen molar-refractivity contribution in [3.63, 3.8) is 0 Å². The van der Waals surface area contributed by atoms with Crippen molar-refractivity contribution in [2.24, 2.45) is 0 Å². The van der Waals surface area contributed by atoms with Crippen LogP contribution in [-0.4, -0.2) is 54.7 Å². The van der Waals surface area contributed by atoms with Crippen molar-refractivity contribution in [1.82, 2.24) is 15.2 Å². The Morgan fingerprint density at radius 3 is 2.86 bits per heavy atom. The lowest BCUT2D eigenvalue weighted by Crippen LogP contribution is -2.46. The number of hydrogen-bond acceptors (Lipinski definition) is 6. The van der Waals surface area contributed by atoms with Crippen molar-refractivity contribution in [1.29, 1.82) is 0 Å². The highest BCUT2D eigenvalue weighted by Gasteiger charge is 2.25. The number of anilines is 1. The molecule has 2 aromatic heterocycles. The van der Waals surface area contributed by atoms with Crippen LogP contribution in [0.3, 0.4) is 0 Å². The smallest absolute Gasteiger partial charge is 0.241 e. The van der Waals surface area contributed by atoms with Crippen molar-refractivity contribution >= 4 is 33.8 Å². The Hall–Kier alpha value is -2.32. The Morgan fingerprint density at radius 2 is 2.07 bits per heavy atom. The summed E-state index contributed by atoms with van der Waals surface area (Å²) in [7, 11) is 0. The molecule has 152 valence electrons. The molecule has 1 amide bonds. The minimum Gasteiger partial charge on any atom is -0.379 e. The summed E-state index contributed by atoms with van der Waals surface area (Å²) in [5, 5.41) is 9.53. The molecule has 1 fully saturated rings. The Labute approximate surface area is 174 Å². The molecule has 0 saturated carbocycles. The Balaban J connectivity index is 1.40. The monoisotopic (exact) mass is 410 g/mol. The molecule has 3 aromatic rings. The van der Waals surface area contributed by atoms with Crippen molar-refractivity contribution in [2.75, 3.05) is 38.2 Å². The van der Waals surface area contributed by atoms with Crippen LogP contribution < -0.4 is 10.6 Å². The molecule has 6 nitrogen and oxygen atoms in total. The number of nitrogens with zero attached hydrogens (tertiary/aromatic N) is 2. The second-order valence-corrected chi connectivity index (χ2v) is 8.15. The molecule has 0 radical (unpaired) electrons.